The summed E-state index contributed by atoms with van der Waals surface area (Å²) in [6.45, 7) is 4.41. The zero-order valence-corrected chi connectivity index (χ0v) is 36.7. The fourth-order valence-corrected chi connectivity index (χ4v) is 7.12. The Morgan fingerprint density at radius 2 is 1.11 bits per heavy atom. The molecule has 0 saturated heterocycles. The highest BCUT2D eigenvalue weighted by molar-refractivity contribution is 7.45. The molecule has 0 aromatic heterocycles. The molecule has 10 heteroatoms. The van der Waals surface area contributed by atoms with Crippen LogP contribution in [0.1, 0.15) is 194 Å². The number of carbonyl (C=O) groups is 1. The van der Waals surface area contributed by atoms with E-state index in [4.69, 9.17) is 9.05 Å². The third kappa shape index (κ3) is 36.6. The summed E-state index contributed by atoms with van der Waals surface area (Å²) in [5.41, 5.74) is 0. The summed E-state index contributed by atoms with van der Waals surface area (Å²) in [7, 11) is 1.12. The van der Waals surface area contributed by atoms with Crippen molar-refractivity contribution in [2.45, 2.75) is 212 Å². The number of rotatable bonds is 40. The van der Waals surface area contributed by atoms with Crippen LogP contribution in [0.25, 0.3) is 0 Å². The highest BCUT2D eigenvalue weighted by Gasteiger charge is 2.29. The second-order valence-corrected chi connectivity index (χ2v) is 18.0. The zero-order chi connectivity index (χ0) is 40.2. The number of nitrogens with one attached hydrogen (secondary N) is 1. The number of carbonyl (C=O) groups excluding carboxylic acids is 1. The van der Waals surface area contributed by atoms with E-state index in [2.05, 4.69) is 43.5 Å². The highest BCUT2D eigenvalue weighted by Crippen LogP contribution is 2.38. The minimum Gasteiger partial charge on any atom is -0.756 e. The number of hydrogen-bond acceptors (Lipinski definition) is 7. The van der Waals surface area contributed by atoms with Crippen molar-refractivity contribution in [3.05, 3.63) is 24.3 Å². The van der Waals surface area contributed by atoms with Gasteiger partial charge in [-0.3, -0.25) is 9.36 Å². The molecule has 1 amide bonds. The second kappa shape index (κ2) is 36.3. The van der Waals surface area contributed by atoms with Gasteiger partial charge < -0.3 is 34.0 Å². The predicted octanol–water partition coefficient (Wildman–Crippen LogP) is 10.5. The summed E-state index contributed by atoms with van der Waals surface area (Å²) < 4.78 is 23.1. The number of phosphoric ester groups is 1. The highest BCUT2D eigenvalue weighted by atomic mass is 31.2. The largest absolute Gasteiger partial charge is 0.756 e. The number of aliphatic hydroxyl groups excluding tert-OH is 2. The Hall–Kier alpha value is -1.06. The first-order valence-corrected chi connectivity index (χ1v) is 23.7. The number of nitrogens with zero attached hydrogens (tertiary/aromatic N) is 1. The number of amides is 1. The van der Waals surface area contributed by atoms with Crippen molar-refractivity contribution in [1.29, 1.82) is 0 Å². The SMILES string of the molecule is CCCCCC/C=C\C/C=C\CCCCCCCCCC(=O)NC(COP(=O)([O-])OCC[N+](C)(C)C)C(O)C(O)CCCCCCCCCCCCCC. The van der Waals surface area contributed by atoms with E-state index in [9.17, 15) is 24.5 Å². The molecule has 9 nitrogen and oxygen atoms in total. The molecular formula is C44H87N2O7P. The molecular weight excluding hydrogens is 699 g/mol. The fourth-order valence-electron chi connectivity index (χ4n) is 6.40. The van der Waals surface area contributed by atoms with Crippen LogP contribution in [-0.4, -0.2) is 79.8 Å². The van der Waals surface area contributed by atoms with Gasteiger partial charge in [0.15, 0.2) is 0 Å². The molecule has 0 aliphatic rings. The minimum absolute atomic E-state index is 0.0420. The van der Waals surface area contributed by atoms with Gasteiger partial charge in [-0.1, -0.05) is 167 Å². The van der Waals surface area contributed by atoms with Crippen LogP contribution in [0.4, 0.5) is 0 Å². The first-order chi connectivity index (χ1) is 25.9. The average Bonchev–Trinajstić information content (AvgIpc) is 3.12. The molecule has 320 valence electrons. The topological polar surface area (TPSA) is 128 Å². The maximum absolute atomic E-state index is 12.9. The Kier molecular flexibility index (Phi) is 35.6. The van der Waals surface area contributed by atoms with Crippen molar-refractivity contribution >= 4 is 13.7 Å². The fraction of sp³-hybridized carbons (Fsp3) is 0.886. The lowest BCUT2D eigenvalue weighted by molar-refractivity contribution is -0.870. The maximum atomic E-state index is 12.9. The number of likely N-dealkylation sites (N-methyl/N-ethyl adjacent to an activating group) is 1. The Morgan fingerprint density at radius 3 is 1.61 bits per heavy atom. The lowest BCUT2D eigenvalue weighted by Gasteiger charge is -2.31. The van der Waals surface area contributed by atoms with E-state index in [0.717, 1.165) is 51.4 Å². The molecule has 0 rings (SSSR count). The molecule has 0 radical (unpaired) electrons. The van der Waals surface area contributed by atoms with Crippen molar-refractivity contribution in [2.75, 3.05) is 40.9 Å². The molecule has 0 aliphatic carbocycles. The standard InChI is InChI=1S/C44H87N2O7P/c1-6-8-10-12-14-16-18-20-21-22-23-24-25-27-29-31-33-35-37-43(48)45-41(40-53-54(50,51)52-39-38-46(3,4)5)44(49)42(47)36-34-32-30-28-26-19-17-15-13-11-9-7-2/h16,18,21-22,41-42,44,47,49H,6-15,17,19-20,23-40H2,1-5H3,(H-,45,48,50,51)/b18-16-,22-21-. The van der Waals surface area contributed by atoms with Crippen molar-refractivity contribution in [3.8, 4) is 0 Å². The second-order valence-electron chi connectivity index (χ2n) is 16.5. The molecule has 0 fully saturated rings. The summed E-state index contributed by atoms with van der Waals surface area (Å²) >= 11 is 0. The van der Waals surface area contributed by atoms with Crippen LogP contribution in [-0.2, 0) is 18.4 Å². The molecule has 0 aromatic carbocycles. The van der Waals surface area contributed by atoms with Crippen molar-refractivity contribution in [3.63, 3.8) is 0 Å². The monoisotopic (exact) mass is 787 g/mol. The first-order valence-electron chi connectivity index (χ1n) is 22.3. The van der Waals surface area contributed by atoms with Crippen LogP contribution < -0.4 is 10.2 Å². The van der Waals surface area contributed by atoms with Gasteiger partial charge in [-0.15, -0.1) is 0 Å². The molecule has 0 spiro atoms. The lowest BCUT2D eigenvalue weighted by atomic mass is 9.99. The van der Waals surface area contributed by atoms with Gasteiger partial charge in [0.05, 0.1) is 39.9 Å². The minimum atomic E-state index is -4.66. The van der Waals surface area contributed by atoms with Crippen molar-refractivity contribution < 1.29 is 38.0 Å². The third-order valence-electron chi connectivity index (χ3n) is 10.0. The summed E-state index contributed by atoms with van der Waals surface area (Å²) in [6, 6.07) is -1.07. The Morgan fingerprint density at radius 1 is 0.667 bits per heavy atom. The van der Waals surface area contributed by atoms with Crippen LogP contribution in [0, 0.1) is 0 Å². The van der Waals surface area contributed by atoms with E-state index < -0.39 is 32.7 Å². The van der Waals surface area contributed by atoms with Gasteiger partial charge in [-0.25, -0.2) is 0 Å². The quantitative estimate of drug-likeness (QED) is 0.0244. The van der Waals surface area contributed by atoms with E-state index in [1.807, 2.05) is 21.1 Å². The number of quaternary nitrogens is 1. The molecule has 54 heavy (non-hydrogen) atoms. The molecule has 0 bridgehead atoms. The van der Waals surface area contributed by atoms with Gasteiger partial charge in [-0.05, 0) is 44.9 Å². The van der Waals surface area contributed by atoms with Crippen LogP contribution in [0.5, 0.6) is 0 Å². The number of hydrogen-bond donors (Lipinski definition) is 3. The van der Waals surface area contributed by atoms with Gasteiger partial charge in [0.25, 0.3) is 7.82 Å². The molecule has 4 atom stereocenters. The van der Waals surface area contributed by atoms with E-state index in [0.29, 0.717) is 23.9 Å². The molecule has 0 aromatic rings. The summed E-state index contributed by atoms with van der Waals surface area (Å²) in [5.74, 6) is -0.287. The van der Waals surface area contributed by atoms with E-state index in [1.54, 1.807) is 0 Å². The molecule has 0 aliphatic heterocycles. The summed E-state index contributed by atoms with van der Waals surface area (Å²) in [5, 5.41) is 24.6. The van der Waals surface area contributed by atoms with E-state index >= 15 is 0 Å². The number of phosphoric acid groups is 1. The number of allylic oxidation sites excluding steroid dienone is 4. The predicted molar refractivity (Wildman–Crippen MR) is 225 cm³/mol. The van der Waals surface area contributed by atoms with Crippen LogP contribution >= 0.6 is 7.82 Å². The van der Waals surface area contributed by atoms with E-state index in [-0.39, 0.29) is 18.9 Å². The Labute approximate surface area is 333 Å². The lowest BCUT2D eigenvalue weighted by Crippen LogP contribution is -2.51. The normalized spacial score (nSPS) is 15.2. The first kappa shape index (κ1) is 52.9. The summed E-state index contributed by atoms with van der Waals surface area (Å²) in [6.07, 6.45) is 37.7. The van der Waals surface area contributed by atoms with Gasteiger partial charge in [0, 0.05) is 6.42 Å². The maximum Gasteiger partial charge on any atom is 0.268 e. The number of aliphatic hydroxyl groups is 2. The van der Waals surface area contributed by atoms with Crippen LogP contribution in [0.3, 0.4) is 0 Å². The molecule has 3 N–H and O–H groups in total. The van der Waals surface area contributed by atoms with Crippen molar-refractivity contribution in [1.82, 2.24) is 5.32 Å². The smallest absolute Gasteiger partial charge is 0.268 e. The molecule has 4 unspecified atom stereocenters. The van der Waals surface area contributed by atoms with Crippen molar-refractivity contribution in [2.24, 2.45) is 0 Å². The molecule has 0 saturated carbocycles. The zero-order valence-electron chi connectivity index (χ0n) is 35.8. The van der Waals surface area contributed by atoms with Gasteiger partial charge in [0.2, 0.25) is 5.91 Å². The van der Waals surface area contributed by atoms with Gasteiger partial charge in [0.1, 0.15) is 19.3 Å². The number of unbranched alkanes of at least 4 members (excludes halogenated alkanes) is 22. The Bertz CT molecular complexity index is 956. The van der Waals surface area contributed by atoms with Crippen LogP contribution in [0.15, 0.2) is 24.3 Å². The van der Waals surface area contributed by atoms with Gasteiger partial charge >= 0.3 is 0 Å². The molecule has 0 heterocycles. The Balaban J connectivity index is 4.49. The average molecular weight is 787 g/mol. The van der Waals surface area contributed by atoms with Crippen LogP contribution in [0.2, 0.25) is 0 Å². The third-order valence-corrected chi connectivity index (χ3v) is 11.0. The van der Waals surface area contributed by atoms with E-state index in [1.165, 1.54) is 109 Å². The van der Waals surface area contributed by atoms with Gasteiger partial charge in [-0.2, -0.15) is 0 Å². The summed E-state index contributed by atoms with van der Waals surface area (Å²) in [4.78, 5) is 25.3.